The van der Waals surface area contributed by atoms with Crippen LogP contribution in [0.2, 0.25) is 0 Å². The maximum absolute atomic E-state index is 9.39. The van der Waals surface area contributed by atoms with Crippen LogP contribution in [0.15, 0.2) is 0 Å². The standard InChI is InChI=1S/C9H17NO/c11-8-5-7-3-1-2-4-9(7)10-6-8/h7-11H,1-6H2/t7-,8?,9-/m1/s1. The molecule has 2 heteroatoms. The molecule has 2 fully saturated rings. The van der Waals surface area contributed by atoms with Crippen molar-refractivity contribution in [3.05, 3.63) is 0 Å². The van der Waals surface area contributed by atoms with Crippen molar-refractivity contribution in [1.82, 2.24) is 5.32 Å². The molecule has 1 heterocycles. The summed E-state index contributed by atoms with van der Waals surface area (Å²) in [7, 11) is 0. The van der Waals surface area contributed by atoms with Gasteiger partial charge in [-0.3, -0.25) is 0 Å². The average molecular weight is 155 g/mol. The molecule has 2 nitrogen and oxygen atoms in total. The van der Waals surface area contributed by atoms with Gasteiger partial charge in [0.25, 0.3) is 0 Å². The van der Waals surface area contributed by atoms with E-state index in [9.17, 15) is 5.11 Å². The number of hydrogen-bond donors (Lipinski definition) is 2. The Morgan fingerprint density at radius 1 is 1.18 bits per heavy atom. The van der Waals surface area contributed by atoms with Crippen molar-refractivity contribution in [3.63, 3.8) is 0 Å². The first-order valence-electron chi connectivity index (χ1n) is 4.78. The van der Waals surface area contributed by atoms with Crippen LogP contribution in [0, 0.1) is 5.92 Å². The molecule has 0 amide bonds. The predicted octanol–water partition coefficient (Wildman–Crippen LogP) is 0.899. The molecule has 2 N–H and O–H groups in total. The van der Waals surface area contributed by atoms with Crippen molar-refractivity contribution in [3.8, 4) is 0 Å². The summed E-state index contributed by atoms with van der Waals surface area (Å²) in [4.78, 5) is 0. The van der Waals surface area contributed by atoms with E-state index in [0.29, 0.717) is 0 Å². The van der Waals surface area contributed by atoms with Crippen LogP contribution in [0.1, 0.15) is 32.1 Å². The van der Waals surface area contributed by atoms with E-state index in [4.69, 9.17) is 0 Å². The zero-order valence-electron chi connectivity index (χ0n) is 6.92. The number of nitrogens with one attached hydrogen (secondary N) is 1. The molecule has 0 aromatic carbocycles. The second-order valence-electron chi connectivity index (χ2n) is 3.95. The van der Waals surface area contributed by atoms with Gasteiger partial charge in [-0.15, -0.1) is 0 Å². The molecule has 1 unspecified atom stereocenters. The van der Waals surface area contributed by atoms with E-state index in [1.165, 1.54) is 25.7 Å². The van der Waals surface area contributed by atoms with Crippen molar-refractivity contribution < 1.29 is 5.11 Å². The number of rotatable bonds is 0. The van der Waals surface area contributed by atoms with E-state index >= 15 is 0 Å². The molecule has 11 heavy (non-hydrogen) atoms. The molecule has 64 valence electrons. The Bertz CT molecular complexity index is 138. The third kappa shape index (κ3) is 1.57. The summed E-state index contributed by atoms with van der Waals surface area (Å²) < 4.78 is 0. The van der Waals surface area contributed by atoms with Crippen LogP contribution in [-0.2, 0) is 0 Å². The third-order valence-electron chi connectivity index (χ3n) is 3.10. The Labute approximate surface area is 68.0 Å². The van der Waals surface area contributed by atoms with Crippen molar-refractivity contribution in [2.45, 2.75) is 44.2 Å². The summed E-state index contributed by atoms with van der Waals surface area (Å²) in [6, 6.07) is 0.729. The van der Waals surface area contributed by atoms with Gasteiger partial charge in [-0.05, 0) is 25.2 Å². The highest BCUT2D eigenvalue weighted by Crippen LogP contribution is 2.30. The minimum atomic E-state index is -0.0747. The Balaban J connectivity index is 1.93. The van der Waals surface area contributed by atoms with E-state index in [0.717, 1.165) is 24.9 Å². The van der Waals surface area contributed by atoms with Gasteiger partial charge in [0.1, 0.15) is 0 Å². The molecule has 0 bridgehead atoms. The second-order valence-corrected chi connectivity index (χ2v) is 3.95. The van der Waals surface area contributed by atoms with Crippen LogP contribution in [0.25, 0.3) is 0 Å². The fourth-order valence-electron chi connectivity index (χ4n) is 2.48. The van der Waals surface area contributed by atoms with E-state index in [1.807, 2.05) is 0 Å². The maximum Gasteiger partial charge on any atom is 0.0667 e. The van der Waals surface area contributed by atoms with Crippen molar-refractivity contribution in [1.29, 1.82) is 0 Å². The lowest BCUT2D eigenvalue weighted by Gasteiger charge is -2.38. The van der Waals surface area contributed by atoms with Gasteiger partial charge >= 0.3 is 0 Å². The molecule has 2 aliphatic rings. The number of aliphatic hydroxyl groups is 1. The summed E-state index contributed by atoms with van der Waals surface area (Å²) in [5.74, 6) is 0.771. The number of fused-ring (bicyclic) bond motifs is 1. The van der Waals surface area contributed by atoms with Gasteiger partial charge in [0.2, 0.25) is 0 Å². The van der Waals surface area contributed by atoms with Crippen LogP contribution >= 0.6 is 0 Å². The quantitative estimate of drug-likeness (QED) is 0.544. The molecule has 1 aliphatic heterocycles. The summed E-state index contributed by atoms with van der Waals surface area (Å²) in [5.41, 5.74) is 0. The fraction of sp³-hybridized carbons (Fsp3) is 1.00. The first kappa shape index (κ1) is 7.56. The largest absolute Gasteiger partial charge is 0.392 e. The lowest BCUT2D eigenvalue weighted by atomic mass is 9.79. The van der Waals surface area contributed by atoms with Gasteiger partial charge in [-0.25, -0.2) is 0 Å². The summed E-state index contributed by atoms with van der Waals surface area (Å²) in [6.07, 6.45) is 6.37. The zero-order chi connectivity index (χ0) is 7.68. The number of hydrogen-bond acceptors (Lipinski definition) is 2. The molecule has 1 aliphatic carbocycles. The lowest BCUT2D eigenvalue weighted by Crippen LogP contribution is -2.48. The van der Waals surface area contributed by atoms with Gasteiger partial charge in [0.15, 0.2) is 0 Å². The molecular weight excluding hydrogens is 138 g/mol. The van der Waals surface area contributed by atoms with Crippen molar-refractivity contribution in [2.75, 3.05) is 6.54 Å². The van der Waals surface area contributed by atoms with Gasteiger partial charge in [-0.2, -0.15) is 0 Å². The molecule has 0 spiro atoms. The molecular formula is C9H17NO. The van der Waals surface area contributed by atoms with Crippen molar-refractivity contribution >= 4 is 0 Å². The van der Waals surface area contributed by atoms with Crippen molar-refractivity contribution in [2.24, 2.45) is 5.92 Å². The Kier molecular flexibility index (Phi) is 2.14. The first-order valence-corrected chi connectivity index (χ1v) is 4.78. The van der Waals surface area contributed by atoms with Gasteiger partial charge in [-0.1, -0.05) is 12.8 Å². The monoisotopic (exact) mass is 155 g/mol. The molecule has 0 radical (unpaired) electrons. The SMILES string of the molecule is OC1CN[C@@H]2CCCC[C@@H]2C1. The smallest absolute Gasteiger partial charge is 0.0667 e. The topological polar surface area (TPSA) is 32.3 Å². The lowest BCUT2D eigenvalue weighted by molar-refractivity contribution is 0.0728. The Morgan fingerprint density at radius 3 is 2.91 bits per heavy atom. The van der Waals surface area contributed by atoms with E-state index < -0.39 is 0 Å². The van der Waals surface area contributed by atoms with Crippen LogP contribution in [0.5, 0.6) is 0 Å². The third-order valence-corrected chi connectivity index (χ3v) is 3.10. The maximum atomic E-state index is 9.39. The summed E-state index contributed by atoms with van der Waals surface area (Å²) >= 11 is 0. The minimum Gasteiger partial charge on any atom is -0.392 e. The molecule has 1 saturated heterocycles. The van der Waals surface area contributed by atoms with Crippen LogP contribution in [-0.4, -0.2) is 23.8 Å². The Morgan fingerprint density at radius 2 is 2.00 bits per heavy atom. The molecule has 0 aromatic heterocycles. The van der Waals surface area contributed by atoms with E-state index in [-0.39, 0.29) is 6.10 Å². The molecule has 2 rings (SSSR count). The number of piperidine rings is 1. The predicted molar refractivity (Wildman–Crippen MR) is 44.4 cm³/mol. The highest BCUT2D eigenvalue weighted by molar-refractivity contribution is 4.87. The number of aliphatic hydroxyl groups excluding tert-OH is 1. The highest BCUT2D eigenvalue weighted by atomic mass is 16.3. The zero-order valence-corrected chi connectivity index (χ0v) is 6.92. The minimum absolute atomic E-state index is 0.0747. The molecule has 1 saturated carbocycles. The number of β-amino-alcohol motifs (C(OH)–C–C–N with tert-alkyl or cyclic N) is 1. The fourth-order valence-corrected chi connectivity index (χ4v) is 2.48. The van der Waals surface area contributed by atoms with E-state index in [1.54, 1.807) is 0 Å². The average Bonchev–Trinajstić information content (AvgIpc) is 2.04. The van der Waals surface area contributed by atoms with Gasteiger partial charge < -0.3 is 10.4 Å². The normalized spacial score (nSPS) is 45.0. The Hall–Kier alpha value is -0.0800. The summed E-state index contributed by atoms with van der Waals surface area (Å²) in [5, 5.41) is 12.8. The second kappa shape index (κ2) is 3.11. The van der Waals surface area contributed by atoms with Crippen LogP contribution < -0.4 is 5.32 Å². The highest BCUT2D eigenvalue weighted by Gasteiger charge is 2.30. The summed E-state index contributed by atoms with van der Waals surface area (Å²) in [6.45, 7) is 0.821. The first-order chi connectivity index (χ1) is 5.36. The van der Waals surface area contributed by atoms with Gasteiger partial charge in [0, 0.05) is 12.6 Å². The van der Waals surface area contributed by atoms with Crippen LogP contribution in [0.3, 0.4) is 0 Å². The van der Waals surface area contributed by atoms with E-state index in [2.05, 4.69) is 5.32 Å². The van der Waals surface area contributed by atoms with Crippen LogP contribution in [0.4, 0.5) is 0 Å². The van der Waals surface area contributed by atoms with Gasteiger partial charge in [0.05, 0.1) is 6.10 Å². The molecule has 3 atom stereocenters. The molecule has 0 aromatic rings.